The summed E-state index contributed by atoms with van der Waals surface area (Å²) in [6.07, 6.45) is 11.6. The van der Waals surface area contributed by atoms with Gasteiger partial charge >= 0.3 is 0 Å². The molecule has 200 valence electrons. The van der Waals surface area contributed by atoms with Crippen LogP contribution >= 0.6 is 12.2 Å². The van der Waals surface area contributed by atoms with E-state index in [9.17, 15) is 9.59 Å². The first-order valence-electron chi connectivity index (χ1n) is 13.1. The number of aromatic nitrogens is 4. The number of amides is 2. The Morgan fingerprint density at radius 3 is 2.63 bits per heavy atom. The van der Waals surface area contributed by atoms with Crippen LogP contribution in [0.3, 0.4) is 0 Å². The van der Waals surface area contributed by atoms with Crippen molar-refractivity contribution in [1.29, 1.82) is 0 Å². The number of anilines is 2. The maximum Gasteiger partial charge on any atom is 0.270 e. The average molecular weight is 535 g/mol. The molecule has 0 aromatic carbocycles. The number of nitrogens with one attached hydrogen (secondary N) is 2. The van der Waals surface area contributed by atoms with Crippen molar-refractivity contribution in [1.82, 2.24) is 29.7 Å². The molecule has 1 fully saturated rings. The van der Waals surface area contributed by atoms with Crippen LogP contribution in [0.25, 0.3) is 11.0 Å². The summed E-state index contributed by atoms with van der Waals surface area (Å²) in [4.78, 5) is 44.4. The number of fused-ring (bicyclic) bond motifs is 1. The second kappa shape index (κ2) is 13.2. The first kappa shape index (κ1) is 27.3. The Morgan fingerprint density at radius 1 is 1.13 bits per heavy atom. The highest BCUT2D eigenvalue weighted by atomic mass is 32.1. The fraction of sp³-hybridized carbons (Fsp3) is 0.481. The molecule has 3 heterocycles. The second-order valence-electron chi connectivity index (χ2n) is 9.71. The van der Waals surface area contributed by atoms with Crippen molar-refractivity contribution in [2.45, 2.75) is 57.4 Å². The van der Waals surface area contributed by atoms with Gasteiger partial charge in [-0.1, -0.05) is 25.7 Å². The largest absolute Gasteiger partial charge is 0.352 e. The molecule has 0 radical (unpaired) electrons. The monoisotopic (exact) mass is 534 g/mol. The van der Waals surface area contributed by atoms with E-state index in [0.717, 1.165) is 62.4 Å². The summed E-state index contributed by atoms with van der Waals surface area (Å²) >= 11 is 4.55. The molecular formula is C27H34N8O2S. The second-order valence-corrected chi connectivity index (χ2v) is 9.89. The molecule has 0 spiro atoms. The van der Waals surface area contributed by atoms with Gasteiger partial charge in [0, 0.05) is 51.0 Å². The maximum absolute atomic E-state index is 12.9. The molecule has 1 aliphatic carbocycles. The van der Waals surface area contributed by atoms with Gasteiger partial charge in [-0.3, -0.25) is 9.59 Å². The molecule has 0 aliphatic heterocycles. The Hall–Kier alpha value is -3.69. The Balaban J connectivity index is 1.39. The molecule has 3 aromatic heterocycles. The number of carbonyl (C=O) groups excluding carboxylic acids is 2. The van der Waals surface area contributed by atoms with E-state index >= 15 is 0 Å². The van der Waals surface area contributed by atoms with Gasteiger partial charge in [-0.05, 0) is 56.1 Å². The first-order valence-corrected chi connectivity index (χ1v) is 13.5. The zero-order valence-corrected chi connectivity index (χ0v) is 22.8. The van der Waals surface area contributed by atoms with E-state index in [1.54, 1.807) is 37.3 Å². The third-order valence-corrected chi connectivity index (χ3v) is 6.83. The molecule has 11 heteroatoms. The van der Waals surface area contributed by atoms with Crippen LogP contribution in [0, 0.1) is 0 Å². The zero-order chi connectivity index (χ0) is 26.9. The van der Waals surface area contributed by atoms with Crippen molar-refractivity contribution < 1.29 is 9.59 Å². The Kier molecular flexibility index (Phi) is 9.51. The van der Waals surface area contributed by atoms with Crippen molar-refractivity contribution in [3.8, 4) is 0 Å². The minimum absolute atomic E-state index is 0.0447. The number of unbranched alkanes of at least 4 members (excludes halogenated alkanes) is 3. The summed E-state index contributed by atoms with van der Waals surface area (Å²) in [6, 6.07) is 5.58. The molecule has 0 bridgehead atoms. The van der Waals surface area contributed by atoms with Gasteiger partial charge in [0.1, 0.15) is 17.2 Å². The lowest BCUT2D eigenvalue weighted by molar-refractivity contribution is 0.0815. The lowest BCUT2D eigenvalue weighted by atomic mass is 10.2. The molecule has 2 amide bonds. The maximum atomic E-state index is 12.9. The number of aliphatic imine (C=N–C) groups is 1. The average Bonchev–Trinajstić information content (AvgIpc) is 3.57. The minimum Gasteiger partial charge on any atom is -0.352 e. The summed E-state index contributed by atoms with van der Waals surface area (Å²) in [5, 5.41) is 9.26. The van der Waals surface area contributed by atoms with Crippen LogP contribution in [-0.2, 0) is 0 Å². The summed E-state index contributed by atoms with van der Waals surface area (Å²) in [7, 11) is 3.52. The molecule has 1 saturated carbocycles. The first-order chi connectivity index (χ1) is 18.5. The van der Waals surface area contributed by atoms with Crippen LogP contribution in [0.4, 0.5) is 11.8 Å². The van der Waals surface area contributed by atoms with Gasteiger partial charge in [0.2, 0.25) is 5.95 Å². The normalized spacial score (nSPS) is 13.3. The predicted molar refractivity (Wildman–Crippen MR) is 151 cm³/mol. The predicted octanol–water partition coefficient (Wildman–Crippen LogP) is 4.78. The number of thiocarbonyl (C=S) groups is 1. The standard InChI is InChI=1S/C27H34N8O2S/c1-34(2)26(37)22-15-20-17-31-27(33-24(20)35(22)21-9-5-6-10-21)32-23-12-11-19(16-30-23)25(36)29-14-8-4-3-7-13-28-18-38/h11-12,15-17,21H,3-10,13-14H2,1-2H3,(H,29,36)(H,30,31,32,33). The van der Waals surface area contributed by atoms with Crippen LogP contribution in [0.2, 0.25) is 0 Å². The number of carbonyl (C=O) groups is 2. The zero-order valence-electron chi connectivity index (χ0n) is 21.9. The van der Waals surface area contributed by atoms with Crippen molar-refractivity contribution in [2.24, 2.45) is 4.99 Å². The van der Waals surface area contributed by atoms with Crippen molar-refractivity contribution in [2.75, 3.05) is 32.5 Å². The third-order valence-electron chi connectivity index (χ3n) is 6.70. The molecule has 0 atom stereocenters. The van der Waals surface area contributed by atoms with E-state index < -0.39 is 0 Å². The van der Waals surface area contributed by atoms with Crippen LogP contribution in [0.15, 0.2) is 35.6 Å². The highest BCUT2D eigenvalue weighted by Crippen LogP contribution is 2.34. The molecule has 2 N–H and O–H groups in total. The van der Waals surface area contributed by atoms with Crippen molar-refractivity contribution in [3.05, 3.63) is 41.9 Å². The molecule has 10 nitrogen and oxygen atoms in total. The molecule has 4 rings (SSSR count). The summed E-state index contributed by atoms with van der Waals surface area (Å²) < 4.78 is 2.08. The minimum atomic E-state index is -0.153. The van der Waals surface area contributed by atoms with Gasteiger partial charge in [-0.2, -0.15) is 4.98 Å². The number of rotatable bonds is 12. The molecule has 1 aliphatic rings. The van der Waals surface area contributed by atoms with Gasteiger partial charge in [-0.25, -0.2) is 15.0 Å². The Morgan fingerprint density at radius 2 is 1.92 bits per heavy atom. The van der Waals surface area contributed by atoms with Crippen LogP contribution < -0.4 is 10.6 Å². The van der Waals surface area contributed by atoms with Crippen LogP contribution in [-0.4, -0.2) is 68.6 Å². The molecule has 0 saturated heterocycles. The lowest BCUT2D eigenvalue weighted by Gasteiger charge is -2.19. The van der Waals surface area contributed by atoms with Gasteiger partial charge in [-0.15, -0.1) is 0 Å². The summed E-state index contributed by atoms with van der Waals surface area (Å²) in [5.74, 6) is 0.722. The number of isothiocyanates is 1. The van der Waals surface area contributed by atoms with E-state index in [2.05, 4.69) is 47.5 Å². The summed E-state index contributed by atoms with van der Waals surface area (Å²) in [6.45, 7) is 1.33. The van der Waals surface area contributed by atoms with Crippen molar-refractivity contribution >= 4 is 52.0 Å². The number of pyridine rings is 1. The summed E-state index contributed by atoms with van der Waals surface area (Å²) in [5.41, 5.74) is 1.86. The smallest absolute Gasteiger partial charge is 0.270 e. The number of nitrogens with zero attached hydrogens (tertiary/aromatic N) is 6. The van der Waals surface area contributed by atoms with Crippen molar-refractivity contribution in [3.63, 3.8) is 0 Å². The fourth-order valence-electron chi connectivity index (χ4n) is 4.73. The van der Waals surface area contributed by atoms with Gasteiger partial charge in [0.15, 0.2) is 0 Å². The Bertz CT molecular complexity index is 1310. The molecule has 3 aromatic rings. The van der Waals surface area contributed by atoms with E-state index in [0.29, 0.717) is 36.1 Å². The number of hydrogen-bond acceptors (Lipinski definition) is 8. The molecular weight excluding hydrogens is 500 g/mol. The van der Waals surface area contributed by atoms with Gasteiger partial charge in [0.05, 0.1) is 10.7 Å². The van der Waals surface area contributed by atoms with Gasteiger partial charge in [0.25, 0.3) is 11.8 Å². The van der Waals surface area contributed by atoms with E-state index in [4.69, 9.17) is 4.98 Å². The highest BCUT2D eigenvalue weighted by molar-refractivity contribution is 7.78. The molecule has 0 unspecified atom stereocenters. The van der Waals surface area contributed by atoms with E-state index in [1.807, 2.05) is 6.07 Å². The third kappa shape index (κ3) is 6.79. The van der Waals surface area contributed by atoms with Gasteiger partial charge < -0.3 is 20.1 Å². The van der Waals surface area contributed by atoms with Crippen LogP contribution in [0.5, 0.6) is 0 Å². The topological polar surface area (TPSA) is 117 Å². The highest BCUT2D eigenvalue weighted by Gasteiger charge is 2.26. The molecule has 38 heavy (non-hydrogen) atoms. The quantitative estimate of drug-likeness (QED) is 0.195. The SMILES string of the molecule is CN(C)C(=O)c1cc2cnc(Nc3ccc(C(=O)NCCCCCCN=C=S)cn3)nc2n1C1CCCC1. The fourth-order valence-corrected chi connectivity index (χ4v) is 4.82. The van der Waals surface area contributed by atoms with E-state index in [-0.39, 0.29) is 17.9 Å². The van der Waals surface area contributed by atoms with E-state index in [1.165, 1.54) is 6.20 Å². The lowest BCUT2D eigenvalue weighted by Crippen LogP contribution is -2.25. The number of hydrogen-bond donors (Lipinski definition) is 2. The van der Waals surface area contributed by atoms with Crippen LogP contribution in [0.1, 0.15) is 78.3 Å². The Labute approximate surface area is 228 Å².